The summed E-state index contributed by atoms with van der Waals surface area (Å²) in [6.45, 7) is -0.261. The van der Waals surface area contributed by atoms with Crippen LogP contribution in [0.4, 0.5) is 18.0 Å². The Kier molecular flexibility index (Phi) is 7.10. The number of amides is 2. The predicted octanol–water partition coefficient (Wildman–Crippen LogP) is 0.728. The molecular formula is C9H15F3N2O4. The first kappa shape index (κ1) is 16.5. The highest BCUT2D eigenvalue weighted by Gasteiger charge is 2.27. The smallest absolute Gasteiger partial charge is 0.411 e. The topological polar surface area (TPSA) is 87.7 Å². The second-order valence-electron chi connectivity index (χ2n) is 3.37. The molecule has 0 aromatic carbocycles. The molecule has 3 N–H and O–H groups in total. The zero-order valence-electron chi connectivity index (χ0n) is 9.71. The van der Waals surface area contributed by atoms with Crippen LogP contribution in [0.15, 0.2) is 0 Å². The van der Waals surface area contributed by atoms with Gasteiger partial charge < -0.3 is 20.5 Å². The van der Waals surface area contributed by atoms with E-state index in [1.807, 2.05) is 0 Å². The van der Waals surface area contributed by atoms with E-state index in [9.17, 15) is 22.8 Å². The Morgan fingerprint density at radius 2 is 2.00 bits per heavy atom. The minimum atomic E-state index is -4.40. The molecule has 0 saturated carbocycles. The number of urea groups is 1. The lowest BCUT2D eigenvalue weighted by Crippen LogP contribution is -2.46. The summed E-state index contributed by atoms with van der Waals surface area (Å²) < 4.78 is 39.2. The van der Waals surface area contributed by atoms with Gasteiger partial charge in [-0.25, -0.2) is 9.59 Å². The monoisotopic (exact) mass is 272 g/mol. The lowest BCUT2D eigenvalue weighted by Gasteiger charge is -2.13. The van der Waals surface area contributed by atoms with E-state index in [0.29, 0.717) is 0 Å². The number of aliphatic carboxylic acids is 1. The van der Waals surface area contributed by atoms with E-state index in [2.05, 4.69) is 15.4 Å². The summed E-state index contributed by atoms with van der Waals surface area (Å²) in [5.41, 5.74) is 0. The fourth-order valence-corrected chi connectivity index (χ4v) is 0.972. The number of halogens is 3. The predicted molar refractivity (Wildman–Crippen MR) is 55.1 cm³/mol. The van der Waals surface area contributed by atoms with E-state index in [4.69, 9.17) is 5.11 Å². The van der Waals surface area contributed by atoms with Crippen molar-refractivity contribution in [1.82, 2.24) is 10.6 Å². The normalized spacial score (nSPS) is 12.9. The van der Waals surface area contributed by atoms with Gasteiger partial charge >= 0.3 is 18.2 Å². The van der Waals surface area contributed by atoms with Crippen molar-refractivity contribution in [3.05, 3.63) is 0 Å². The van der Waals surface area contributed by atoms with Crippen LogP contribution in [0.3, 0.4) is 0 Å². The van der Waals surface area contributed by atoms with E-state index in [-0.39, 0.29) is 19.6 Å². The fourth-order valence-electron chi connectivity index (χ4n) is 0.972. The fraction of sp³-hybridized carbons (Fsp3) is 0.778. The molecule has 0 radical (unpaired) electrons. The Hall–Kier alpha value is -1.51. The Balaban J connectivity index is 3.68. The summed E-state index contributed by atoms with van der Waals surface area (Å²) >= 11 is 0. The molecular weight excluding hydrogens is 257 g/mol. The standard InChI is InChI=1S/C9H15F3N2O4/c1-2-6(7(15)16)14-8(17)13-3-4-18-5-9(10,11)12/h6H,2-5H2,1H3,(H,15,16)(H2,13,14,17)/t6-/m1/s1. The largest absolute Gasteiger partial charge is 0.480 e. The third kappa shape index (κ3) is 8.62. The lowest BCUT2D eigenvalue weighted by atomic mass is 10.2. The molecule has 0 aliphatic carbocycles. The second kappa shape index (κ2) is 7.75. The first-order chi connectivity index (χ1) is 8.26. The summed E-state index contributed by atoms with van der Waals surface area (Å²) in [4.78, 5) is 21.7. The van der Waals surface area contributed by atoms with Gasteiger partial charge in [0.15, 0.2) is 0 Å². The SMILES string of the molecule is CC[C@@H](NC(=O)NCCOCC(F)(F)F)C(=O)O. The number of ether oxygens (including phenoxy) is 1. The van der Waals surface area contributed by atoms with Crippen LogP contribution in [0, 0.1) is 0 Å². The van der Waals surface area contributed by atoms with Crippen molar-refractivity contribution in [1.29, 1.82) is 0 Å². The number of carbonyl (C=O) groups excluding carboxylic acids is 1. The Morgan fingerprint density at radius 1 is 1.39 bits per heavy atom. The average molecular weight is 272 g/mol. The Morgan fingerprint density at radius 3 is 2.44 bits per heavy atom. The van der Waals surface area contributed by atoms with Crippen molar-refractivity contribution in [3.8, 4) is 0 Å². The highest BCUT2D eigenvalue weighted by molar-refractivity contribution is 5.82. The molecule has 0 aromatic rings. The summed E-state index contributed by atoms with van der Waals surface area (Å²) in [7, 11) is 0. The van der Waals surface area contributed by atoms with Gasteiger partial charge in [-0.15, -0.1) is 0 Å². The maximum atomic E-state index is 11.7. The molecule has 0 saturated heterocycles. The Labute approximate surface area is 101 Å². The van der Waals surface area contributed by atoms with Gasteiger partial charge in [-0.2, -0.15) is 13.2 Å². The molecule has 0 bridgehead atoms. The lowest BCUT2D eigenvalue weighted by molar-refractivity contribution is -0.173. The highest BCUT2D eigenvalue weighted by Crippen LogP contribution is 2.13. The van der Waals surface area contributed by atoms with Gasteiger partial charge in [0, 0.05) is 6.54 Å². The number of carboxylic acids is 1. The summed E-state index contributed by atoms with van der Waals surface area (Å²) in [5.74, 6) is -1.18. The molecule has 0 aliphatic rings. The molecule has 0 spiro atoms. The summed E-state index contributed by atoms with van der Waals surface area (Å²) in [6.07, 6.45) is -4.20. The van der Waals surface area contributed by atoms with Gasteiger partial charge in [-0.3, -0.25) is 0 Å². The molecule has 0 unspecified atom stereocenters. The third-order valence-corrected chi connectivity index (χ3v) is 1.81. The maximum Gasteiger partial charge on any atom is 0.411 e. The molecule has 0 fully saturated rings. The molecule has 106 valence electrons. The van der Waals surface area contributed by atoms with Crippen LogP contribution in [0.2, 0.25) is 0 Å². The first-order valence-corrected chi connectivity index (χ1v) is 5.18. The van der Waals surface area contributed by atoms with Crippen molar-refractivity contribution in [2.75, 3.05) is 19.8 Å². The Bertz CT molecular complexity index is 283. The number of rotatable bonds is 7. The minimum Gasteiger partial charge on any atom is -0.480 e. The van der Waals surface area contributed by atoms with E-state index < -0.39 is 30.8 Å². The van der Waals surface area contributed by atoms with Crippen LogP contribution in [0.1, 0.15) is 13.3 Å². The van der Waals surface area contributed by atoms with Crippen molar-refractivity contribution in [3.63, 3.8) is 0 Å². The maximum absolute atomic E-state index is 11.7. The highest BCUT2D eigenvalue weighted by atomic mass is 19.4. The molecule has 6 nitrogen and oxygen atoms in total. The average Bonchev–Trinajstić information content (AvgIpc) is 2.23. The van der Waals surface area contributed by atoms with Crippen LogP contribution < -0.4 is 10.6 Å². The van der Waals surface area contributed by atoms with Crippen LogP contribution in [-0.2, 0) is 9.53 Å². The molecule has 9 heteroatoms. The van der Waals surface area contributed by atoms with E-state index >= 15 is 0 Å². The molecule has 2 amide bonds. The summed E-state index contributed by atoms with van der Waals surface area (Å²) in [6, 6.07) is -1.79. The third-order valence-electron chi connectivity index (χ3n) is 1.81. The van der Waals surface area contributed by atoms with Gasteiger partial charge in [-0.05, 0) is 6.42 Å². The second-order valence-corrected chi connectivity index (χ2v) is 3.37. The number of hydrogen-bond donors (Lipinski definition) is 3. The molecule has 0 rings (SSSR count). The number of carbonyl (C=O) groups is 2. The summed E-state index contributed by atoms with van der Waals surface area (Å²) in [5, 5.41) is 13.0. The van der Waals surface area contributed by atoms with Gasteiger partial charge in [0.25, 0.3) is 0 Å². The van der Waals surface area contributed by atoms with Crippen LogP contribution >= 0.6 is 0 Å². The molecule has 1 atom stereocenters. The van der Waals surface area contributed by atoms with Gasteiger partial charge in [0.2, 0.25) is 0 Å². The van der Waals surface area contributed by atoms with Crippen LogP contribution in [0.25, 0.3) is 0 Å². The zero-order valence-corrected chi connectivity index (χ0v) is 9.71. The van der Waals surface area contributed by atoms with Crippen LogP contribution in [0.5, 0.6) is 0 Å². The van der Waals surface area contributed by atoms with E-state index in [1.54, 1.807) is 6.92 Å². The number of nitrogens with one attached hydrogen (secondary N) is 2. The zero-order chi connectivity index (χ0) is 14.2. The minimum absolute atomic E-state index is 0.141. The van der Waals surface area contributed by atoms with Crippen LogP contribution in [-0.4, -0.2) is 49.1 Å². The van der Waals surface area contributed by atoms with Gasteiger partial charge in [-0.1, -0.05) is 6.92 Å². The molecule has 18 heavy (non-hydrogen) atoms. The first-order valence-electron chi connectivity index (χ1n) is 5.18. The molecule has 0 heterocycles. The van der Waals surface area contributed by atoms with Gasteiger partial charge in [0.1, 0.15) is 12.6 Å². The van der Waals surface area contributed by atoms with E-state index in [0.717, 1.165) is 0 Å². The number of hydrogen-bond acceptors (Lipinski definition) is 3. The van der Waals surface area contributed by atoms with Crippen molar-refractivity contribution in [2.45, 2.75) is 25.6 Å². The van der Waals surface area contributed by atoms with E-state index in [1.165, 1.54) is 0 Å². The molecule has 0 aromatic heterocycles. The van der Waals surface area contributed by atoms with Crippen molar-refractivity contribution >= 4 is 12.0 Å². The molecule has 0 aliphatic heterocycles. The van der Waals surface area contributed by atoms with Crippen molar-refractivity contribution in [2.24, 2.45) is 0 Å². The quantitative estimate of drug-likeness (QED) is 0.596. The number of alkyl halides is 3. The van der Waals surface area contributed by atoms with Crippen molar-refractivity contribution < 1.29 is 32.6 Å². The van der Waals surface area contributed by atoms with Gasteiger partial charge in [0.05, 0.1) is 6.61 Å². The number of carboxylic acid groups (broad SMARTS) is 1.